The summed E-state index contributed by atoms with van der Waals surface area (Å²) in [5.74, 6) is 0. The van der Waals surface area contributed by atoms with Crippen LogP contribution in [-0.4, -0.2) is 12.6 Å². The van der Waals surface area contributed by atoms with Crippen LogP contribution >= 0.6 is 0 Å². The average molecular weight is 174 g/mol. The Kier molecular flexibility index (Phi) is 2.06. The molecule has 1 aliphatic heterocycles. The third-order valence-electron chi connectivity index (χ3n) is 2.21. The van der Waals surface area contributed by atoms with Gasteiger partial charge in [-0.2, -0.15) is 0 Å². The Bertz CT molecular complexity index is 329. The summed E-state index contributed by atoms with van der Waals surface area (Å²) < 4.78 is 0. The normalized spacial score (nSPS) is 18.6. The molecule has 0 fully saturated rings. The summed E-state index contributed by atoms with van der Waals surface area (Å²) in [6.45, 7) is 0.519. The zero-order valence-electron chi connectivity index (χ0n) is 7.14. The van der Waals surface area contributed by atoms with Crippen LogP contribution in [0.15, 0.2) is 29.4 Å². The standard InChI is InChI=1S/C9H10N4/c10-13-11-6-8-5-7-3-1-2-4-9(7)12-8/h1-4,8,12H,5-6H2. The van der Waals surface area contributed by atoms with Crippen molar-refractivity contribution in [3.8, 4) is 0 Å². The van der Waals surface area contributed by atoms with Gasteiger partial charge in [0.1, 0.15) is 0 Å². The van der Waals surface area contributed by atoms with Crippen molar-refractivity contribution < 1.29 is 0 Å². The number of fused-ring (bicyclic) bond motifs is 1. The molecule has 0 saturated heterocycles. The molecule has 2 rings (SSSR count). The van der Waals surface area contributed by atoms with Crippen LogP contribution < -0.4 is 5.32 Å². The van der Waals surface area contributed by atoms with Crippen molar-refractivity contribution in [3.05, 3.63) is 40.3 Å². The molecule has 0 aromatic heterocycles. The first-order chi connectivity index (χ1) is 6.40. The Balaban J connectivity index is 2.09. The van der Waals surface area contributed by atoms with Crippen molar-refractivity contribution in [2.24, 2.45) is 5.11 Å². The molecular formula is C9H10N4. The molecule has 13 heavy (non-hydrogen) atoms. The quantitative estimate of drug-likeness (QED) is 0.417. The molecule has 1 aromatic rings. The largest absolute Gasteiger partial charge is 0.382 e. The first-order valence-corrected chi connectivity index (χ1v) is 4.25. The first-order valence-electron chi connectivity index (χ1n) is 4.25. The number of rotatable bonds is 2. The van der Waals surface area contributed by atoms with Crippen molar-refractivity contribution in [2.45, 2.75) is 12.5 Å². The van der Waals surface area contributed by atoms with E-state index in [0.29, 0.717) is 6.54 Å². The number of hydrogen-bond donors (Lipinski definition) is 1. The van der Waals surface area contributed by atoms with E-state index in [1.54, 1.807) is 0 Å². The molecule has 1 unspecified atom stereocenters. The van der Waals surface area contributed by atoms with Crippen LogP contribution in [0, 0.1) is 0 Å². The van der Waals surface area contributed by atoms with E-state index < -0.39 is 0 Å². The highest BCUT2D eigenvalue weighted by molar-refractivity contribution is 5.56. The number of anilines is 1. The van der Waals surface area contributed by atoms with E-state index in [1.807, 2.05) is 18.2 Å². The second kappa shape index (κ2) is 3.37. The van der Waals surface area contributed by atoms with E-state index in [1.165, 1.54) is 11.3 Å². The summed E-state index contributed by atoms with van der Waals surface area (Å²) in [6, 6.07) is 8.44. The maximum Gasteiger partial charge on any atom is 0.0463 e. The van der Waals surface area contributed by atoms with Crippen LogP contribution in [0.1, 0.15) is 5.56 Å². The number of para-hydroxylation sites is 1. The molecule has 1 N–H and O–H groups in total. The molecule has 0 saturated carbocycles. The van der Waals surface area contributed by atoms with Crippen molar-refractivity contribution >= 4 is 5.69 Å². The molecule has 0 bridgehead atoms. The lowest BCUT2D eigenvalue weighted by Gasteiger charge is -2.05. The summed E-state index contributed by atoms with van der Waals surface area (Å²) >= 11 is 0. The van der Waals surface area contributed by atoms with Gasteiger partial charge in [0.2, 0.25) is 0 Å². The summed E-state index contributed by atoms with van der Waals surface area (Å²) in [4.78, 5) is 2.75. The number of hydrogen-bond acceptors (Lipinski definition) is 2. The fourth-order valence-electron chi connectivity index (χ4n) is 1.62. The smallest absolute Gasteiger partial charge is 0.0463 e. The van der Waals surface area contributed by atoms with E-state index in [-0.39, 0.29) is 6.04 Å². The van der Waals surface area contributed by atoms with Gasteiger partial charge in [-0.1, -0.05) is 23.3 Å². The maximum atomic E-state index is 8.17. The summed E-state index contributed by atoms with van der Waals surface area (Å²) in [6.07, 6.45) is 0.954. The summed E-state index contributed by atoms with van der Waals surface area (Å²) in [5.41, 5.74) is 10.6. The fraction of sp³-hybridized carbons (Fsp3) is 0.333. The molecule has 0 amide bonds. The lowest BCUT2D eigenvalue weighted by Crippen LogP contribution is -2.18. The van der Waals surface area contributed by atoms with Crippen LogP contribution in [0.2, 0.25) is 0 Å². The van der Waals surface area contributed by atoms with E-state index >= 15 is 0 Å². The third kappa shape index (κ3) is 1.58. The van der Waals surface area contributed by atoms with Crippen molar-refractivity contribution in [1.82, 2.24) is 0 Å². The highest BCUT2D eigenvalue weighted by Crippen LogP contribution is 2.24. The van der Waals surface area contributed by atoms with Gasteiger partial charge < -0.3 is 5.32 Å². The Morgan fingerprint density at radius 2 is 2.38 bits per heavy atom. The van der Waals surface area contributed by atoms with Crippen molar-refractivity contribution in [2.75, 3.05) is 11.9 Å². The van der Waals surface area contributed by atoms with Crippen molar-refractivity contribution in [1.29, 1.82) is 0 Å². The highest BCUT2D eigenvalue weighted by Gasteiger charge is 2.18. The molecule has 1 aliphatic rings. The molecular weight excluding hydrogens is 164 g/mol. The molecule has 0 spiro atoms. The summed E-state index contributed by atoms with van der Waals surface area (Å²) in [7, 11) is 0. The van der Waals surface area contributed by atoms with E-state index in [9.17, 15) is 0 Å². The zero-order valence-corrected chi connectivity index (χ0v) is 7.14. The fourth-order valence-corrected chi connectivity index (χ4v) is 1.62. The van der Waals surface area contributed by atoms with Crippen LogP contribution in [0.25, 0.3) is 10.4 Å². The Morgan fingerprint density at radius 3 is 3.15 bits per heavy atom. The zero-order chi connectivity index (χ0) is 9.10. The van der Waals surface area contributed by atoms with E-state index in [2.05, 4.69) is 21.4 Å². The summed E-state index contributed by atoms with van der Waals surface area (Å²) in [5, 5.41) is 6.86. The number of nitrogens with one attached hydrogen (secondary N) is 1. The SMILES string of the molecule is [N-]=[N+]=NCC1Cc2ccccc2N1. The lowest BCUT2D eigenvalue weighted by molar-refractivity contribution is 0.756. The Morgan fingerprint density at radius 1 is 1.54 bits per heavy atom. The number of nitrogens with zero attached hydrogens (tertiary/aromatic N) is 3. The van der Waals surface area contributed by atoms with Gasteiger partial charge in [0.25, 0.3) is 0 Å². The molecule has 0 radical (unpaired) electrons. The molecule has 1 aromatic carbocycles. The molecule has 1 heterocycles. The van der Waals surface area contributed by atoms with Gasteiger partial charge in [-0.05, 0) is 23.6 Å². The topological polar surface area (TPSA) is 60.8 Å². The molecule has 0 aliphatic carbocycles. The second-order valence-corrected chi connectivity index (χ2v) is 3.12. The third-order valence-corrected chi connectivity index (χ3v) is 2.21. The predicted molar refractivity (Wildman–Crippen MR) is 51.6 cm³/mol. The lowest BCUT2D eigenvalue weighted by atomic mass is 10.1. The van der Waals surface area contributed by atoms with E-state index in [4.69, 9.17) is 5.53 Å². The maximum absolute atomic E-state index is 8.17. The highest BCUT2D eigenvalue weighted by atomic mass is 15.1. The van der Waals surface area contributed by atoms with Crippen LogP contribution in [0.4, 0.5) is 5.69 Å². The second-order valence-electron chi connectivity index (χ2n) is 3.12. The molecule has 4 nitrogen and oxygen atoms in total. The molecule has 4 heteroatoms. The Labute approximate surface area is 76.2 Å². The van der Waals surface area contributed by atoms with Gasteiger partial charge in [-0.15, -0.1) is 0 Å². The van der Waals surface area contributed by atoms with Crippen LogP contribution in [0.3, 0.4) is 0 Å². The van der Waals surface area contributed by atoms with Gasteiger partial charge in [0, 0.05) is 23.2 Å². The van der Waals surface area contributed by atoms with Crippen LogP contribution in [0.5, 0.6) is 0 Å². The minimum Gasteiger partial charge on any atom is -0.382 e. The average Bonchev–Trinajstić information content (AvgIpc) is 2.57. The van der Waals surface area contributed by atoms with Gasteiger partial charge in [0.05, 0.1) is 0 Å². The minimum atomic E-state index is 0.272. The number of azide groups is 1. The number of benzene rings is 1. The Hall–Kier alpha value is -1.67. The predicted octanol–water partition coefficient (Wildman–Crippen LogP) is 2.33. The van der Waals surface area contributed by atoms with Crippen molar-refractivity contribution in [3.63, 3.8) is 0 Å². The first kappa shape index (κ1) is 7.95. The molecule has 66 valence electrons. The van der Waals surface area contributed by atoms with Crippen LogP contribution in [-0.2, 0) is 6.42 Å². The van der Waals surface area contributed by atoms with Gasteiger partial charge in [-0.3, -0.25) is 0 Å². The van der Waals surface area contributed by atoms with Gasteiger partial charge in [0.15, 0.2) is 0 Å². The van der Waals surface area contributed by atoms with Gasteiger partial charge >= 0.3 is 0 Å². The minimum absolute atomic E-state index is 0.272. The van der Waals surface area contributed by atoms with Gasteiger partial charge in [-0.25, -0.2) is 0 Å². The van der Waals surface area contributed by atoms with E-state index in [0.717, 1.165) is 6.42 Å². The monoisotopic (exact) mass is 174 g/mol. The molecule has 1 atom stereocenters.